The third kappa shape index (κ3) is 5.20. The molecule has 0 aliphatic rings. The van der Waals surface area contributed by atoms with E-state index in [1.165, 1.54) is 5.56 Å². The summed E-state index contributed by atoms with van der Waals surface area (Å²) in [6, 6.07) is 7.90. The van der Waals surface area contributed by atoms with E-state index >= 15 is 0 Å². The molecule has 0 bridgehead atoms. The van der Waals surface area contributed by atoms with Crippen molar-refractivity contribution < 1.29 is 9.90 Å². The molecule has 0 spiro atoms. The molecule has 4 nitrogen and oxygen atoms in total. The van der Waals surface area contributed by atoms with Crippen LogP contribution in [-0.4, -0.2) is 41.8 Å². The second kappa shape index (κ2) is 8.17. The number of amides is 2. The first-order chi connectivity index (χ1) is 9.08. The van der Waals surface area contributed by atoms with Crippen LogP contribution in [0.25, 0.3) is 0 Å². The fourth-order valence-corrected chi connectivity index (χ4v) is 2.32. The number of aliphatic hydroxyl groups excluding tert-OH is 1. The van der Waals surface area contributed by atoms with Gasteiger partial charge >= 0.3 is 6.03 Å². The molecule has 0 aliphatic carbocycles. The number of rotatable bonds is 6. The SMILES string of the molecule is CCN(CCO)C(=O)N[C@@H](C)Cc1ccccc1Br. The first kappa shape index (κ1) is 16.0. The molecule has 0 fully saturated rings. The summed E-state index contributed by atoms with van der Waals surface area (Å²) in [7, 11) is 0. The van der Waals surface area contributed by atoms with E-state index in [0.717, 1.165) is 10.9 Å². The summed E-state index contributed by atoms with van der Waals surface area (Å²) in [5.74, 6) is 0. The van der Waals surface area contributed by atoms with Crippen molar-refractivity contribution in [2.24, 2.45) is 0 Å². The zero-order valence-corrected chi connectivity index (χ0v) is 13.0. The highest BCUT2D eigenvalue weighted by Crippen LogP contribution is 2.17. The molecule has 0 saturated heterocycles. The van der Waals surface area contributed by atoms with E-state index in [1.54, 1.807) is 4.90 Å². The van der Waals surface area contributed by atoms with Gasteiger partial charge in [0.25, 0.3) is 0 Å². The summed E-state index contributed by atoms with van der Waals surface area (Å²) in [6.07, 6.45) is 0.768. The van der Waals surface area contributed by atoms with E-state index < -0.39 is 0 Å². The van der Waals surface area contributed by atoms with E-state index in [4.69, 9.17) is 5.11 Å². The van der Waals surface area contributed by atoms with Crippen LogP contribution < -0.4 is 5.32 Å². The summed E-state index contributed by atoms with van der Waals surface area (Å²) in [4.78, 5) is 13.5. The lowest BCUT2D eigenvalue weighted by Crippen LogP contribution is -2.45. The molecule has 0 saturated carbocycles. The number of benzene rings is 1. The average Bonchev–Trinajstić information content (AvgIpc) is 2.38. The Morgan fingerprint density at radius 3 is 2.74 bits per heavy atom. The fourth-order valence-electron chi connectivity index (χ4n) is 1.87. The minimum atomic E-state index is -0.129. The van der Waals surface area contributed by atoms with Crippen LogP contribution >= 0.6 is 15.9 Å². The minimum Gasteiger partial charge on any atom is -0.395 e. The third-order valence-corrected chi connectivity index (χ3v) is 3.67. The zero-order valence-electron chi connectivity index (χ0n) is 11.4. The number of halogens is 1. The van der Waals surface area contributed by atoms with Gasteiger partial charge in [-0.1, -0.05) is 34.1 Å². The largest absolute Gasteiger partial charge is 0.395 e. The predicted octanol–water partition coefficient (Wildman–Crippen LogP) is 2.40. The molecule has 19 heavy (non-hydrogen) atoms. The van der Waals surface area contributed by atoms with Crippen LogP contribution in [0.15, 0.2) is 28.7 Å². The lowest BCUT2D eigenvalue weighted by atomic mass is 10.1. The Balaban J connectivity index is 2.53. The lowest BCUT2D eigenvalue weighted by Gasteiger charge is -2.23. The molecule has 0 heterocycles. The van der Waals surface area contributed by atoms with Crippen LogP contribution in [0.5, 0.6) is 0 Å². The first-order valence-electron chi connectivity index (χ1n) is 6.48. The van der Waals surface area contributed by atoms with Crippen molar-refractivity contribution in [2.75, 3.05) is 19.7 Å². The van der Waals surface area contributed by atoms with E-state index in [1.807, 2.05) is 38.1 Å². The van der Waals surface area contributed by atoms with Crippen LogP contribution in [0.4, 0.5) is 4.79 Å². The van der Waals surface area contributed by atoms with E-state index in [-0.39, 0.29) is 18.7 Å². The molecule has 0 radical (unpaired) electrons. The summed E-state index contributed by atoms with van der Waals surface area (Å²) < 4.78 is 1.05. The van der Waals surface area contributed by atoms with Crippen molar-refractivity contribution in [3.63, 3.8) is 0 Å². The van der Waals surface area contributed by atoms with Crippen LogP contribution in [0, 0.1) is 0 Å². The summed E-state index contributed by atoms with van der Waals surface area (Å²) in [6.45, 7) is 4.82. The number of hydrogen-bond donors (Lipinski definition) is 2. The maximum absolute atomic E-state index is 11.9. The van der Waals surface area contributed by atoms with Crippen LogP contribution in [0.2, 0.25) is 0 Å². The van der Waals surface area contributed by atoms with Crippen molar-refractivity contribution in [3.05, 3.63) is 34.3 Å². The molecule has 1 atom stereocenters. The number of carbonyl (C=O) groups is 1. The van der Waals surface area contributed by atoms with Gasteiger partial charge in [-0.2, -0.15) is 0 Å². The van der Waals surface area contributed by atoms with Gasteiger partial charge in [0.05, 0.1) is 6.61 Å². The normalized spacial score (nSPS) is 12.0. The standard InChI is InChI=1S/C14H21BrN2O2/c1-3-17(8-9-18)14(19)16-11(2)10-12-6-4-5-7-13(12)15/h4-7,11,18H,3,8-10H2,1-2H3,(H,16,19)/t11-/m0/s1. The highest BCUT2D eigenvalue weighted by molar-refractivity contribution is 9.10. The van der Waals surface area contributed by atoms with Crippen LogP contribution in [0.3, 0.4) is 0 Å². The second-order valence-corrected chi connectivity index (χ2v) is 5.30. The summed E-state index contributed by atoms with van der Waals surface area (Å²) >= 11 is 3.50. The predicted molar refractivity (Wildman–Crippen MR) is 80.2 cm³/mol. The third-order valence-electron chi connectivity index (χ3n) is 2.89. The maximum atomic E-state index is 11.9. The Morgan fingerprint density at radius 1 is 1.47 bits per heavy atom. The second-order valence-electron chi connectivity index (χ2n) is 4.45. The topological polar surface area (TPSA) is 52.6 Å². The van der Waals surface area contributed by atoms with Crippen molar-refractivity contribution in [1.82, 2.24) is 10.2 Å². The molecule has 1 rings (SSSR count). The maximum Gasteiger partial charge on any atom is 0.317 e. The molecule has 1 aromatic carbocycles. The van der Waals surface area contributed by atoms with Gasteiger partial charge < -0.3 is 15.3 Å². The molecular formula is C14H21BrN2O2. The van der Waals surface area contributed by atoms with Gasteiger partial charge in [-0.15, -0.1) is 0 Å². The van der Waals surface area contributed by atoms with Crippen LogP contribution in [-0.2, 0) is 6.42 Å². The number of aliphatic hydroxyl groups is 1. The van der Waals surface area contributed by atoms with Gasteiger partial charge in [-0.25, -0.2) is 4.79 Å². The smallest absolute Gasteiger partial charge is 0.317 e. The Hall–Kier alpha value is -1.07. The number of nitrogens with zero attached hydrogens (tertiary/aromatic N) is 1. The van der Waals surface area contributed by atoms with Gasteiger partial charge in [0, 0.05) is 23.6 Å². The fraction of sp³-hybridized carbons (Fsp3) is 0.500. The number of carbonyl (C=O) groups excluding carboxylic acids is 1. The van der Waals surface area contributed by atoms with Crippen molar-refractivity contribution in [2.45, 2.75) is 26.3 Å². The molecule has 5 heteroatoms. The minimum absolute atomic E-state index is 0.0140. The zero-order chi connectivity index (χ0) is 14.3. The highest BCUT2D eigenvalue weighted by atomic mass is 79.9. The van der Waals surface area contributed by atoms with Crippen molar-refractivity contribution >= 4 is 22.0 Å². The number of hydrogen-bond acceptors (Lipinski definition) is 2. The molecule has 106 valence electrons. The van der Waals surface area contributed by atoms with E-state index in [0.29, 0.717) is 13.1 Å². The average molecular weight is 329 g/mol. The Bertz CT molecular complexity index is 412. The quantitative estimate of drug-likeness (QED) is 0.842. The van der Waals surface area contributed by atoms with Crippen molar-refractivity contribution in [3.8, 4) is 0 Å². The summed E-state index contributed by atoms with van der Waals surface area (Å²) in [5.41, 5.74) is 1.17. The van der Waals surface area contributed by atoms with Gasteiger partial charge in [0.1, 0.15) is 0 Å². The van der Waals surface area contributed by atoms with Gasteiger partial charge in [-0.05, 0) is 31.9 Å². The Morgan fingerprint density at radius 2 is 2.16 bits per heavy atom. The lowest BCUT2D eigenvalue weighted by molar-refractivity contribution is 0.177. The molecular weight excluding hydrogens is 308 g/mol. The van der Waals surface area contributed by atoms with Crippen molar-refractivity contribution in [1.29, 1.82) is 0 Å². The molecule has 2 amide bonds. The molecule has 0 aliphatic heterocycles. The van der Waals surface area contributed by atoms with Crippen LogP contribution in [0.1, 0.15) is 19.4 Å². The number of nitrogens with one attached hydrogen (secondary N) is 1. The van der Waals surface area contributed by atoms with Gasteiger partial charge in [0.2, 0.25) is 0 Å². The van der Waals surface area contributed by atoms with E-state index in [9.17, 15) is 4.79 Å². The Labute approximate surface area is 122 Å². The first-order valence-corrected chi connectivity index (χ1v) is 7.27. The molecule has 2 N–H and O–H groups in total. The number of urea groups is 1. The Kier molecular flexibility index (Phi) is 6.87. The van der Waals surface area contributed by atoms with Gasteiger partial charge in [-0.3, -0.25) is 0 Å². The molecule has 0 aromatic heterocycles. The number of likely N-dealkylation sites (N-methyl/N-ethyl adjacent to an activating group) is 1. The van der Waals surface area contributed by atoms with E-state index in [2.05, 4.69) is 21.2 Å². The highest BCUT2D eigenvalue weighted by Gasteiger charge is 2.14. The molecule has 1 aromatic rings. The monoisotopic (exact) mass is 328 g/mol. The molecule has 0 unspecified atom stereocenters. The van der Waals surface area contributed by atoms with Gasteiger partial charge in [0.15, 0.2) is 0 Å². The summed E-state index contributed by atoms with van der Waals surface area (Å²) in [5, 5.41) is 11.8.